The molecule has 0 aliphatic rings. The second kappa shape index (κ2) is 18.9. The minimum atomic E-state index is -0.942. The van der Waals surface area contributed by atoms with Crippen molar-refractivity contribution in [1.29, 1.82) is 0 Å². The molecule has 0 bridgehead atoms. The van der Waals surface area contributed by atoms with Gasteiger partial charge in [0, 0.05) is 24.5 Å². The van der Waals surface area contributed by atoms with Gasteiger partial charge in [-0.2, -0.15) is 0 Å². The van der Waals surface area contributed by atoms with Crippen molar-refractivity contribution in [2.24, 2.45) is 11.8 Å². The van der Waals surface area contributed by atoms with Crippen LogP contribution in [0.4, 0.5) is 11.4 Å². The van der Waals surface area contributed by atoms with E-state index in [4.69, 9.17) is 25.5 Å². The molecule has 0 spiro atoms. The molecule has 6 rings (SSSR count). The zero-order chi connectivity index (χ0) is 40.3. The number of anilines is 2. The van der Waals surface area contributed by atoms with E-state index in [1.165, 1.54) is 63.2 Å². The maximum Gasteiger partial charge on any atom is 0.208 e. The molecule has 0 aliphatic heterocycles. The molecular formula is C49H57NO5. The lowest BCUT2D eigenvalue weighted by molar-refractivity contribution is 0.328. The predicted molar refractivity (Wildman–Crippen MR) is 230 cm³/mol. The Hall–Kier alpha value is -5.88. The average molecular weight is 740 g/mol. The van der Waals surface area contributed by atoms with E-state index in [-0.39, 0.29) is 5.41 Å². The minimum absolute atomic E-state index is 0.0904. The molecule has 0 amide bonds. The van der Waals surface area contributed by atoms with Crippen molar-refractivity contribution >= 4 is 11.4 Å². The molecule has 6 aromatic carbocycles. The number of phenolic OH excluding ortho intramolecular Hbond substituents is 5. The number of nitrogens with zero attached hydrogens (tertiary/aromatic N) is 1. The van der Waals surface area contributed by atoms with Gasteiger partial charge in [-0.1, -0.05) is 152 Å². The van der Waals surface area contributed by atoms with E-state index in [2.05, 4.69) is 188 Å². The summed E-state index contributed by atoms with van der Waals surface area (Å²) in [5.74, 6) is -2.54. The van der Waals surface area contributed by atoms with E-state index in [0.29, 0.717) is 12.0 Å². The van der Waals surface area contributed by atoms with Gasteiger partial charge in [-0.05, 0) is 92.9 Å². The first-order chi connectivity index (χ1) is 26.1. The molecule has 0 radical (unpaired) electrons. The smallest absolute Gasteiger partial charge is 0.208 e. The second-order valence-corrected chi connectivity index (χ2v) is 15.4. The summed E-state index contributed by atoms with van der Waals surface area (Å²) in [5, 5.41) is 43.7. The van der Waals surface area contributed by atoms with Crippen LogP contribution in [0.3, 0.4) is 0 Å². The van der Waals surface area contributed by atoms with Crippen LogP contribution < -0.4 is 4.90 Å². The van der Waals surface area contributed by atoms with Crippen LogP contribution in [-0.2, 0) is 5.41 Å². The number of rotatable bonds is 9. The molecule has 0 saturated heterocycles. The Morgan fingerprint density at radius 1 is 0.509 bits per heavy atom. The fourth-order valence-corrected chi connectivity index (χ4v) is 6.47. The Bertz CT molecular complexity index is 2080. The molecule has 5 N–H and O–H groups in total. The highest BCUT2D eigenvalue weighted by molar-refractivity contribution is 5.79. The largest absolute Gasteiger partial charge is 0.504 e. The van der Waals surface area contributed by atoms with Gasteiger partial charge in [-0.3, -0.25) is 0 Å². The fraction of sp³-hybridized carbons (Fsp3) is 0.265. The minimum Gasteiger partial charge on any atom is -0.504 e. The average Bonchev–Trinajstić information content (AvgIpc) is 3.19. The van der Waals surface area contributed by atoms with E-state index < -0.39 is 28.7 Å². The molecule has 0 aliphatic carbocycles. The summed E-state index contributed by atoms with van der Waals surface area (Å²) in [6, 6.07) is 46.9. The first-order valence-corrected chi connectivity index (χ1v) is 19.0. The van der Waals surface area contributed by atoms with E-state index in [0.717, 1.165) is 5.92 Å². The van der Waals surface area contributed by atoms with Crippen molar-refractivity contribution in [1.82, 2.24) is 0 Å². The van der Waals surface area contributed by atoms with Crippen LogP contribution in [0.1, 0.15) is 66.9 Å². The quantitative estimate of drug-likeness (QED) is 0.0747. The SMILES string of the molecule is CC(C)C.CCC(C)CC(C)(C)c1ccc(-c2cccc(N(C)c3ccc(-c4ccccc4)cc3)c2)cc1-c1ccccc1.Oc1cc(O)c(O)c(O)c1O. The Balaban J connectivity index is 0.000000376. The van der Waals surface area contributed by atoms with Crippen LogP contribution in [0.25, 0.3) is 33.4 Å². The van der Waals surface area contributed by atoms with Gasteiger partial charge in [0.1, 0.15) is 0 Å². The summed E-state index contributed by atoms with van der Waals surface area (Å²) < 4.78 is 0. The van der Waals surface area contributed by atoms with Gasteiger partial charge in [0.05, 0.1) is 0 Å². The Morgan fingerprint density at radius 3 is 1.53 bits per heavy atom. The predicted octanol–water partition coefficient (Wildman–Crippen LogP) is 13.0. The van der Waals surface area contributed by atoms with Crippen LogP contribution in [-0.4, -0.2) is 32.6 Å². The standard InChI is InChI=1S/C39H41N.C6H6O5.C4H10/c1-6-29(2)28-39(3,4)38-25-22-34(27-37(38)32-16-11-8-12-17-32)33-18-13-19-36(26-33)40(5)35-23-20-31(21-24-35)30-14-9-7-10-15-30;7-2-1-3(8)5(10)6(11)4(2)9;1-4(2)3/h7-27,29H,6,28H2,1-5H3;1,7-11H;4H,1-3H3. The van der Waals surface area contributed by atoms with Crippen molar-refractivity contribution in [2.75, 3.05) is 11.9 Å². The zero-order valence-electron chi connectivity index (χ0n) is 33.5. The van der Waals surface area contributed by atoms with Gasteiger partial charge in [-0.25, -0.2) is 0 Å². The molecule has 55 heavy (non-hydrogen) atoms. The number of phenols is 5. The van der Waals surface area contributed by atoms with Crippen LogP contribution in [0.2, 0.25) is 0 Å². The van der Waals surface area contributed by atoms with Crippen molar-refractivity contribution < 1.29 is 25.5 Å². The van der Waals surface area contributed by atoms with Gasteiger partial charge in [0.25, 0.3) is 0 Å². The fourth-order valence-electron chi connectivity index (χ4n) is 6.47. The molecule has 0 saturated carbocycles. The van der Waals surface area contributed by atoms with Crippen molar-refractivity contribution in [2.45, 2.75) is 66.7 Å². The molecule has 0 fully saturated rings. The molecule has 6 nitrogen and oxygen atoms in total. The van der Waals surface area contributed by atoms with Gasteiger partial charge < -0.3 is 30.4 Å². The van der Waals surface area contributed by atoms with Crippen molar-refractivity contribution in [3.63, 3.8) is 0 Å². The lowest BCUT2D eigenvalue weighted by atomic mass is 9.73. The number of aromatic hydroxyl groups is 5. The molecular weight excluding hydrogens is 683 g/mol. The summed E-state index contributed by atoms with van der Waals surface area (Å²) in [4.78, 5) is 2.26. The Kier molecular flexibility index (Phi) is 14.4. The summed E-state index contributed by atoms with van der Waals surface area (Å²) >= 11 is 0. The van der Waals surface area contributed by atoms with Crippen molar-refractivity contribution in [3.05, 3.63) is 139 Å². The van der Waals surface area contributed by atoms with Gasteiger partial charge in [0.15, 0.2) is 11.5 Å². The zero-order valence-corrected chi connectivity index (χ0v) is 33.5. The topological polar surface area (TPSA) is 104 Å². The van der Waals surface area contributed by atoms with Crippen LogP contribution in [0.5, 0.6) is 28.7 Å². The Labute approximate surface area is 327 Å². The highest BCUT2D eigenvalue weighted by atomic mass is 16.4. The highest BCUT2D eigenvalue weighted by Crippen LogP contribution is 2.47. The third kappa shape index (κ3) is 11.1. The number of hydrogen-bond donors (Lipinski definition) is 5. The molecule has 6 heteroatoms. The molecule has 0 aromatic heterocycles. The normalized spacial score (nSPS) is 11.5. The number of benzene rings is 6. The van der Waals surface area contributed by atoms with E-state index in [1.807, 2.05) is 0 Å². The first kappa shape index (κ1) is 41.9. The van der Waals surface area contributed by atoms with Gasteiger partial charge in [0.2, 0.25) is 17.2 Å². The van der Waals surface area contributed by atoms with E-state index in [1.54, 1.807) is 0 Å². The molecule has 288 valence electrons. The second-order valence-electron chi connectivity index (χ2n) is 15.4. The maximum atomic E-state index is 8.75. The molecule has 0 heterocycles. The van der Waals surface area contributed by atoms with E-state index in [9.17, 15) is 0 Å². The summed E-state index contributed by atoms with van der Waals surface area (Å²) in [7, 11) is 2.15. The van der Waals surface area contributed by atoms with Gasteiger partial charge >= 0.3 is 0 Å². The lowest BCUT2D eigenvalue weighted by Gasteiger charge is -2.31. The first-order valence-electron chi connectivity index (χ1n) is 19.0. The van der Waals surface area contributed by atoms with Gasteiger partial charge in [-0.15, -0.1) is 0 Å². The summed E-state index contributed by atoms with van der Waals surface area (Å²) in [6.07, 6.45) is 2.38. The monoisotopic (exact) mass is 739 g/mol. The van der Waals surface area contributed by atoms with Crippen LogP contribution in [0, 0.1) is 11.8 Å². The number of hydrogen-bond acceptors (Lipinski definition) is 6. The summed E-state index contributed by atoms with van der Waals surface area (Å²) in [6.45, 7) is 16.0. The molecule has 1 unspecified atom stereocenters. The maximum absolute atomic E-state index is 8.75. The van der Waals surface area contributed by atoms with Crippen molar-refractivity contribution in [3.8, 4) is 62.1 Å². The van der Waals surface area contributed by atoms with Crippen LogP contribution in [0.15, 0.2) is 133 Å². The Morgan fingerprint density at radius 2 is 0.982 bits per heavy atom. The highest BCUT2D eigenvalue weighted by Gasteiger charge is 2.26. The molecule has 1 atom stereocenters. The third-order valence-electron chi connectivity index (χ3n) is 9.52. The molecule has 6 aromatic rings. The van der Waals surface area contributed by atoms with Crippen LogP contribution >= 0.6 is 0 Å². The lowest BCUT2D eigenvalue weighted by Crippen LogP contribution is -2.21. The van der Waals surface area contributed by atoms with E-state index >= 15 is 0 Å². The third-order valence-corrected chi connectivity index (χ3v) is 9.52. The summed E-state index contributed by atoms with van der Waals surface area (Å²) in [5.41, 5.74) is 11.4.